The van der Waals surface area contributed by atoms with Crippen molar-refractivity contribution >= 4 is 17.6 Å². The van der Waals surface area contributed by atoms with Crippen LogP contribution < -0.4 is 0 Å². The Morgan fingerprint density at radius 1 is 1.00 bits per heavy atom. The summed E-state index contributed by atoms with van der Waals surface area (Å²) >= 11 is 0. The van der Waals surface area contributed by atoms with Crippen LogP contribution in [0.5, 0.6) is 0 Å². The molecule has 0 atom stereocenters. The van der Waals surface area contributed by atoms with Crippen molar-refractivity contribution in [3.63, 3.8) is 0 Å². The summed E-state index contributed by atoms with van der Waals surface area (Å²) in [4.78, 5) is 26.2. The zero-order chi connectivity index (χ0) is 20.5. The number of nitrogens with zero attached hydrogens (tertiary/aromatic N) is 3. The van der Waals surface area contributed by atoms with E-state index in [0.29, 0.717) is 11.6 Å². The molecule has 2 saturated carbocycles. The van der Waals surface area contributed by atoms with Crippen molar-refractivity contribution in [2.45, 2.75) is 96.6 Å². The first-order chi connectivity index (χ1) is 14.2. The Hall–Kier alpha value is -2.17. The number of hydrogen-bond donors (Lipinski definition) is 0. The van der Waals surface area contributed by atoms with Gasteiger partial charge in [0.25, 0.3) is 5.91 Å². The Morgan fingerprint density at radius 3 is 2.24 bits per heavy atom. The van der Waals surface area contributed by atoms with Gasteiger partial charge in [0.05, 0.1) is 11.8 Å². The highest BCUT2D eigenvalue weighted by atomic mass is 16.6. The molecule has 0 aliphatic heterocycles. The van der Waals surface area contributed by atoms with Crippen molar-refractivity contribution in [3.05, 3.63) is 35.9 Å². The first-order valence-electron chi connectivity index (χ1n) is 11.4. The molecule has 0 bridgehead atoms. The van der Waals surface area contributed by atoms with Crippen molar-refractivity contribution in [1.29, 1.82) is 0 Å². The highest BCUT2D eigenvalue weighted by Gasteiger charge is 2.32. The summed E-state index contributed by atoms with van der Waals surface area (Å²) < 4.78 is 0. The Morgan fingerprint density at radius 2 is 1.62 bits per heavy atom. The van der Waals surface area contributed by atoms with Gasteiger partial charge in [-0.15, -0.1) is 0 Å². The number of aliphatic imine (C=N–C) groups is 1. The van der Waals surface area contributed by atoms with E-state index < -0.39 is 0 Å². The molecule has 3 rings (SSSR count). The lowest BCUT2D eigenvalue weighted by Gasteiger charge is -2.34. The van der Waals surface area contributed by atoms with Crippen LogP contribution in [-0.4, -0.2) is 34.6 Å². The van der Waals surface area contributed by atoms with Crippen LogP contribution in [0, 0.1) is 0 Å². The lowest BCUT2D eigenvalue weighted by molar-refractivity contribution is 0.0715. The van der Waals surface area contributed by atoms with Crippen LogP contribution in [-0.2, 0) is 4.84 Å². The first kappa shape index (κ1) is 21.5. The van der Waals surface area contributed by atoms with Crippen molar-refractivity contribution in [3.8, 4) is 0 Å². The number of amides is 1. The second-order valence-corrected chi connectivity index (χ2v) is 8.31. The smallest absolute Gasteiger partial charge is 0.317 e. The molecular formula is C24H35N3O2. The second kappa shape index (κ2) is 11.1. The van der Waals surface area contributed by atoms with Gasteiger partial charge in [-0.25, -0.2) is 4.99 Å². The number of hydrogen-bond acceptors (Lipinski definition) is 4. The second-order valence-electron chi connectivity index (χ2n) is 8.31. The third-order valence-electron chi connectivity index (χ3n) is 6.05. The van der Waals surface area contributed by atoms with Crippen LogP contribution in [0.15, 0.2) is 40.5 Å². The van der Waals surface area contributed by atoms with E-state index in [2.05, 4.69) is 5.16 Å². The molecule has 0 heterocycles. The van der Waals surface area contributed by atoms with Gasteiger partial charge in [0.2, 0.25) is 0 Å². The maximum atomic E-state index is 13.6. The van der Waals surface area contributed by atoms with E-state index in [0.717, 1.165) is 50.7 Å². The van der Waals surface area contributed by atoms with Crippen molar-refractivity contribution in [2.24, 2.45) is 10.1 Å². The number of rotatable bonds is 5. The van der Waals surface area contributed by atoms with Crippen LogP contribution >= 0.6 is 0 Å². The molecule has 29 heavy (non-hydrogen) atoms. The van der Waals surface area contributed by atoms with E-state index >= 15 is 0 Å². The van der Waals surface area contributed by atoms with Gasteiger partial charge in [0.1, 0.15) is 0 Å². The van der Waals surface area contributed by atoms with Gasteiger partial charge in [-0.2, -0.15) is 0 Å². The maximum absolute atomic E-state index is 13.6. The topological polar surface area (TPSA) is 54.3 Å². The molecule has 1 amide bonds. The molecule has 0 unspecified atom stereocenters. The minimum absolute atomic E-state index is 0.0311. The van der Waals surface area contributed by atoms with Gasteiger partial charge in [-0.3, -0.25) is 9.69 Å². The summed E-state index contributed by atoms with van der Waals surface area (Å²) in [5.74, 6) is -0.0311. The Bertz CT molecular complexity index is 702. The molecule has 0 aromatic heterocycles. The zero-order valence-electron chi connectivity index (χ0n) is 18.0. The normalized spacial score (nSPS) is 19.8. The lowest BCUT2D eigenvalue weighted by Crippen LogP contribution is -2.47. The Kier molecular flexibility index (Phi) is 8.26. The summed E-state index contributed by atoms with van der Waals surface area (Å²) in [6, 6.07) is 10.2. The number of carbonyl (C=O) groups excluding carboxylic acids is 1. The van der Waals surface area contributed by atoms with E-state index in [-0.39, 0.29) is 18.0 Å². The van der Waals surface area contributed by atoms with Crippen molar-refractivity contribution in [2.75, 3.05) is 0 Å². The predicted octanol–water partition coefficient (Wildman–Crippen LogP) is 5.95. The van der Waals surface area contributed by atoms with Gasteiger partial charge >= 0.3 is 6.02 Å². The van der Waals surface area contributed by atoms with Crippen LogP contribution in [0.4, 0.5) is 0 Å². The molecule has 2 fully saturated rings. The van der Waals surface area contributed by atoms with E-state index in [1.165, 1.54) is 25.7 Å². The van der Waals surface area contributed by atoms with Crippen molar-refractivity contribution < 1.29 is 9.63 Å². The molecule has 2 aliphatic rings. The van der Waals surface area contributed by atoms with Gasteiger partial charge in [0.15, 0.2) is 0 Å². The monoisotopic (exact) mass is 397 g/mol. The van der Waals surface area contributed by atoms with Crippen LogP contribution in [0.25, 0.3) is 0 Å². The fourth-order valence-electron chi connectivity index (χ4n) is 4.15. The molecular weight excluding hydrogens is 362 g/mol. The Balaban J connectivity index is 1.95. The molecule has 5 nitrogen and oxygen atoms in total. The molecule has 2 aliphatic carbocycles. The number of oxime groups is 1. The molecule has 0 N–H and O–H groups in total. The number of carbonyl (C=O) groups is 1. The summed E-state index contributed by atoms with van der Waals surface area (Å²) in [5.41, 5.74) is 1.58. The highest BCUT2D eigenvalue weighted by Crippen LogP contribution is 2.27. The summed E-state index contributed by atoms with van der Waals surface area (Å²) in [6.07, 6.45) is 12.1. The summed E-state index contributed by atoms with van der Waals surface area (Å²) in [5, 5.41) is 4.29. The Labute approximate surface area is 175 Å². The molecule has 1 aromatic rings. The average Bonchev–Trinajstić information content (AvgIpc) is 2.79. The van der Waals surface area contributed by atoms with E-state index in [4.69, 9.17) is 9.83 Å². The first-order valence-corrected chi connectivity index (χ1v) is 11.4. The summed E-state index contributed by atoms with van der Waals surface area (Å²) in [6.45, 7) is 4.00. The zero-order valence-corrected chi connectivity index (χ0v) is 18.0. The molecule has 0 spiro atoms. The minimum Gasteiger partial charge on any atom is -0.317 e. The van der Waals surface area contributed by atoms with Gasteiger partial charge in [-0.05, 0) is 51.2 Å². The fourth-order valence-corrected chi connectivity index (χ4v) is 4.15. The lowest BCUT2D eigenvalue weighted by atomic mass is 9.93. The van der Waals surface area contributed by atoms with Gasteiger partial charge in [0, 0.05) is 11.6 Å². The third-order valence-corrected chi connectivity index (χ3v) is 6.05. The summed E-state index contributed by atoms with van der Waals surface area (Å²) in [7, 11) is 0. The number of amidine groups is 1. The maximum Gasteiger partial charge on any atom is 0.325 e. The predicted molar refractivity (Wildman–Crippen MR) is 118 cm³/mol. The molecule has 158 valence electrons. The van der Waals surface area contributed by atoms with E-state index in [9.17, 15) is 4.79 Å². The third kappa shape index (κ3) is 6.15. The van der Waals surface area contributed by atoms with E-state index in [1.54, 1.807) is 0 Å². The van der Waals surface area contributed by atoms with Crippen LogP contribution in [0.3, 0.4) is 0 Å². The van der Waals surface area contributed by atoms with E-state index in [1.807, 2.05) is 49.1 Å². The average molecular weight is 398 g/mol. The quantitative estimate of drug-likeness (QED) is 0.350. The SMILES string of the molecule is CC/C(C)=N/O/C(=N\C1CCCCC1)N(C(=O)c1ccccc1)C1CCCCC1. The van der Waals surface area contributed by atoms with Gasteiger partial charge in [-0.1, -0.05) is 68.8 Å². The van der Waals surface area contributed by atoms with Crippen LogP contribution in [0.2, 0.25) is 0 Å². The van der Waals surface area contributed by atoms with Crippen LogP contribution in [0.1, 0.15) is 94.8 Å². The molecule has 5 heteroatoms. The number of benzene rings is 1. The molecule has 1 aromatic carbocycles. The van der Waals surface area contributed by atoms with Gasteiger partial charge < -0.3 is 4.84 Å². The van der Waals surface area contributed by atoms with Crippen molar-refractivity contribution in [1.82, 2.24) is 4.90 Å². The largest absolute Gasteiger partial charge is 0.325 e. The molecule has 0 saturated heterocycles. The molecule has 0 radical (unpaired) electrons. The highest BCUT2D eigenvalue weighted by molar-refractivity contribution is 6.04. The fraction of sp³-hybridized carbons (Fsp3) is 0.625. The standard InChI is InChI=1S/C24H35N3O2/c1-3-19(2)26-29-24(25-21-15-9-5-10-16-21)27(22-17-11-6-12-18-22)23(28)20-13-7-4-8-14-20/h4,7-8,13-14,21-22H,3,5-6,9-12,15-18H2,1-2H3/b25-24-,26-19+. The minimum atomic E-state index is -0.0311.